The zero-order valence-electron chi connectivity index (χ0n) is 15.9. The summed E-state index contributed by atoms with van der Waals surface area (Å²) in [5.41, 5.74) is 5.05. The van der Waals surface area contributed by atoms with Crippen LogP contribution in [0.25, 0.3) is 10.8 Å². The molecule has 3 aromatic rings. The van der Waals surface area contributed by atoms with E-state index in [1.807, 2.05) is 0 Å². The Balaban J connectivity index is 1.87. The molecule has 3 rings (SSSR count). The van der Waals surface area contributed by atoms with Crippen molar-refractivity contribution in [2.45, 2.75) is 32.7 Å². The van der Waals surface area contributed by atoms with Gasteiger partial charge in [0, 0.05) is 25.2 Å². The van der Waals surface area contributed by atoms with Crippen LogP contribution in [-0.2, 0) is 13.6 Å². The molecule has 0 saturated heterocycles. The topological polar surface area (TPSA) is 98.0 Å². The summed E-state index contributed by atoms with van der Waals surface area (Å²) < 4.78 is 2.97. The van der Waals surface area contributed by atoms with Gasteiger partial charge >= 0.3 is 0 Å². The van der Waals surface area contributed by atoms with E-state index < -0.39 is 11.8 Å². The molecule has 1 aromatic carbocycles. The molecule has 0 aliphatic carbocycles. The molecule has 2 amide bonds. The molecule has 0 aliphatic rings. The molecule has 8 nitrogen and oxygen atoms in total. The Hall–Kier alpha value is -3.42. The third-order valence-electron chi connectivity index (χ3n) is 4.52. The number of hydrogen-bond donors (Lipinski definition) is 2. The first kappa shape index (κ1) is 19.3. The number of aryl methyl sites for hydroxylation is 2. The van der Waals surface area contributed by atoms with Gasteiger partial charge in [0.1, 0.15) is 5.69 Å². The molecule has 0 aliphatic heterocycles. The van der Waals surface area contributed by atoms with Crippen molar-refractivity contribution in [2.75, 3.05) is 0 Å². The zero-order valence-corrected chi connectivity index (χ0v) is 15.9. The summed E-state index contributed by atoms with van der Waals surface area (Å²) in [6.45, 7) is 2.51. The highest BCUT2D eigenvalue weighted by Crippen LogP contribution is 2.13. The van der Waals surface area contributed by atoms with Gasteiger partial charge < -0.3 is 4.57 Å². The maximum Gasteiger partial charge on any atom is 0.290 e. The smallest absolute Gasteiger partial charge is 0.290 e. The molecule has 2 aromatic heterocycles. The van der Waals surface area contributed by atoms with Crippen molar-refractivity contribution in [3.05, 3.63) is 64.3 Å². The van der Waals surface area contributed by atoms with Gasteiger partial charge in [-0.25, -0.2) is 4.68 Å². The van der Waals surface area contributed by atoms with Crippen LogP contribution in [0.3, 0.4) is 0 Å². The zero-order chi connectivity index (χ0) is 20.1. The molecule has 0 saturated carbocycles. The largest absolute Gasteiger partial charge is 0.347 e. The molecule has 0 atom stereocenters. The minimum Gasteiger partial charge on any atom is -0.347 e. The fourth-order valence-electron chi connectivity index (χ4n) is 3.00. The van der Waals surface area contributed by atoms with Gasteiger partial charge in [0.25, 0.3) is 17.4 Å². The molecule has 0 bridgehead atoms. The molecule has 0 fully saturated rings. The van der Waals surface area contributed by atoms with Crippen LogP contribution in [0.5, 0.6) is 0 Å². The van der Waals surface area contributed by atoms with E-state index in [0.29, 0.717) is 23.0 Å². The van der Waals surface area contributed by atoms with E-state index in [0.717, 1.165) is 19.3 Å². The van der Waals surface area contributed by atoms with E-state index in [-0.39, 0.29) is 11.3 Å². The van der Waals surface area contributed by atoms with Crippen molar-refractivity contribution >= 4 is 22.6 Å². The molecule has 28 heavy (non-hydrogen) atoms. The molecule has 2 heterocycles. The number of hydrazine groups is 1. The molecule has 0 unspecified atom stereocenters. The quantitative estimate of drug-likeness (QED) is 0.504. The summed E-state index contributed by atoms with van der Waals surface area (Å²) in [6, 6.07) is 10.2. The molecule has 8 heteroatoms. The van der Waals surface area contributed by atoms with E-state index in [1.165, 1.54) is 4.68 Å². The fourth-order valence-corrected chi connectivity index (χ4v) is 3.00. The van der Waals surface area contributed by atoms with Crippen molar-refractivity contribution < 1.29 is 9.59 Å². The van der Waals surface area contributed by atoms with E-state index in [1.54, 1.807) is 54.2 Å². The minimum absolute atomic E-state index is 0.0962. The van der Waals surface area contributed by atoms with Crippen LogP contribution >= 0.6 is 0 Å². The van der Waals surface area contributed by atoms with Crippen LogP contribution < -0.4 is 16.4 Å². The second kappa shape index (κ2) is 8.51. The van der Waals surface area contributed by atoms with Gasteiger partial charge in [0.05, 0.1) is 5.39 Å². The third kappa shape index (κ3) is 3.95. The first-order valence-corrected chi connectivity index (χ1v) is 9.24. The summed E-state index contributed by atoms with van der Waals surface area (Å²) in [5.74, 6) is -1.02. The van der Waals surface area contributed by atoms with Gasteiger partial charge in [-0.1, -0.05) is 38.0 Å². The third-order valence-corrected chi connectivity index (χ3v) is 4.52. The molecular weight excluding hydrogens is 358 g/mol. The molecular formula is C20H23N5O3. The van der Waals surface area contributed by atoms with Gasteiger partial charge in [0.15, 0.2) is 5.69 Å². The lowest BCUT2D eigenvalue weighted by molar-refractivity contribution is 0.0839. The molecule has 146 valence electrons. The number of hydrogen-bond acceptors (Lipinski definition) is 4. The highest BCUT2D eigenvalue weighted by molar-refractivity contribution is 6.05. The molecule has 0 radical (unpaired) electrons. The maximum absolute atomic E-state index is 12.7. The standard InChI is InChI=1S/C20H23N5O3/c1-3-4-7-13-25-20(28)15-10-6-5-9-14(15)17(23-25)19(27)22-21-18(26)16-11-8-12-24(16)2/h5-6,8-12H,3-4,7,13H2,1-2H3,(H,21,26)(H,22,27). The van der Waals surface area contributed by atoms with Gasteiger partial charge in [-0.3, -0.25) is 25.2 Å². The molecule has 2 N–H and O–H groups in total. The number of rotatable bonds is 6. The Morgan fingerprint density at radius 3 is 2.39 bits per heavy atom. The lowest BCUT2D eigenvalue weighted by atomic mass is 10.1. The van der Waals surface area contributed by atoms with Crippen LogP contribution in [-0.4, -0.2) is 26.2 Å². The normalized spacial score (nSPS) is 10.8. The highest BCUT2D eigenvalue weighted by Gasteiger charge is 2.18. The predicted molar refractivity (Wildman–Crippen MR) is 106 cm³/mol. The first-order chi connectivity index (χ1) is 13.5. The Bertz CT molecular complexity index is 1070. The highest BCUT2D eigenvalue weighted by atomic mass is 16.2. The van der Waals surface area contributed by atoms with Gasteiger partial charge in [0.2, 0.25) is 0 Å². The van der Waals surface area contributed by atoms with E-state index in [2.05, 4.69) is 22.9 Å². The van der Waals surface area contributed by atoms with E-state index >= 15 is 0 Å². The van der Waals surface area contributed by atoms with Gasteiger partial charge in [-0.2, -0.15) is 5.10 Å². The lowest BCUT2D eigenvalue weighted by Crippen LogP contribution is -2.43. The fraction of sp³-hybridized carbons (Fsp3) is 0.300. The van der Waals surface area contributed by atoms with Crippen molar-refractivity contribution in [2.24, 2.45) is 7.05 Å². The minimum atomic E-state index is -0.581. The number of carbonyl (C=O) groups is 2. The number of carbonyl (C=O) groups excluding carboxylic acids is 2. The van der Waals surface area contributed by atoms with Crippen LogP contribution in [0.2, 0.25) is 0 Å². The molecule has 0 spiro atoms. The van der Waals surface area contributed by atoms with E-state index in [4.69, 9.17) is 0 Å². The van der Waals surface area contributed by atoms with Crippen molar-refractivity contribution in [1.29, 1.82) is 0 Å². The number of nitrogens with one attached hydrogen (secondary N) is 2. The second-order valence-electron chi connectivity index (χ2n) is 6.54. The van der Waals surface area contributed by atoms with Crippen molar-refractivity contribution in [1.82, 2.24) is 25.2 Å². The SMILES string of the molecule is CCCCCn1nc(C(=O)NNC(=O)c2cccn2C)c2ccccc2c1=O. The number of nitrogens with zero attached hydrogens (tertiary/aromatic N) is 3. The van der Waals surface area contributed by atoms with Crippen LogP contribution in [0, 0.1) is 0 Å². The number of unbranched alkanes of at least 4 members (excludes halogenated alkanes) is 2. The van der Waals surface area contributed by atoms with Crippen molar-refractivity contribution in [3.8, 4) is 0 Å². The van der Waals surface area contributed by atoms with Crippen LogP contribution in [0.15, 0.2) is 47.4 Å². The Labute approximate surface area is 162 Å². The van der Waals surface area contributed by atoms with Crippen LogP contribution in [0.4, 0.5) is 0 Å². The summed E-state index contributed by atoms with van der Waals surface area (Å²) in [4.78, 5) is 37.6. The Morgan fingerprint density at radius 2 is 1.71 bits per heavy atom. The predicted octanol–water partition coefficient (Wildman–Crippen LogP) is 2.00. The maximum atomic E-state index is 12.7. The number of fused-ring (bicyclic) bond motifs is 1. The average Bonchev–Trinajstić information content (AvgIpc) is 3.14. The van der Waals surface area contributed by atoms with Gasteiger partial charge in [-0.05, 0) is 24.6 Å². The second-order valence-corrected chi connectivity index (χ2v) is 6.54. The number of aromatic nitrogens is 3. The van der Waals surface area contributed by atoms with Crippen molar-refractivity contribution in [3.63, 3.8) is 0 Å². The summed E-state index contributed by atoms with van der Waals surface area (Å²) in [5, 5.41) is 5.14. The Kier molecular flexibility index (Phi) is 5.88. The monoisotopic (exact) mass is 381 g/mol. The summed E-state index contributed by atoms with van der Waals surface area (Å²) in [6.07, 6.45) is 4.51. The lowest BCUT2D eigenvalue weighted by Gasteiger charge is -2.12. The Morgan fingerprint density at radius 1 is 1.00 bits per heavy atom. The first-order valence-electron chi connectivity index (χ1n) is 9.24. The van der Waals surface area contributed by atoms with E-state index in [9.17, 15) is 14.4 Å². The summed E-state index contributed by atoms with van der Waals surface area (Å²) >= 11 is 0. The number of amides is 2. The number of benzene rings is 1. The van der Waals surface area contributed by atoms with Crippen LogP contribution in [0.1, 0.15) is 47.2 Å². The van der Waals surface area contributed by atoms with Gasteiger partial charge in [-0.15, -0.1) is 0 Å². The summed E-state index contributed by atoms with van der Waals surface area (Å²) in [7, 11) is 1.73. The average molecular weight is 381 g/mol.